The molecule has 0 aromatic heterocycles. The fourth-order valence-corrected chi connectivity index (χ4v) is 7.84. The maximum atomic E-state index is 14.0. The van der Waals surface area contributed by atoms with Gasteiger partial charge in [-0.15, -0.1) is 0 Å². The lowest BCUT2D eigenvalue weighted by molar-refractivity contribution is -0.182. The van der Waals surface area contributed by atoms with Gasteiger partial charge in [0, 0.05) is 31.5 Å². The van der Waals surface area contributed by atoms with Crippen LogP contribution in [0.2, 0.25) is 0 Å². The van der Waals surface area contributed by atoms with Gasteiger partial charge in [0.05, 0.1) is 11.5 Å². The molecule has 1 aromatic carbocycles. The molecule has 0 saturated heterocycles. The van der Waals surface area contributed by atoms with Crippen molar-refractivity contribution in [2.75, 3.05) is 13.1 Å². The quantitative estimate of drug-likeness (QED) is 0.414. The van der Waals surface area contributed by atoms with Crippen LogP contribution in [0.3, 0.4) is 0 Å². The molecule has 0 bridgehead atoms. The minimum absolute atomic E-state index is 0.0816. The fourth-order valence-electron chi connectivity index (χ4n) is 7.84. The lowest BCUT2D eigenvalue weighted by atomic mass is 9.49. The summed E-state index contributed by atoms with van der Waals surface area (Å²) in [5.41, 5.74) is 4.48. The summed E-state index contributed by atoms with van der Waals surface area (Å²) in [5, 5.41) is 22.5. The average molecular weight is 551 g/mol. The summed E-state index contributed by atoms with van der Waals surface area (Å²) in [5.74, 6) is -9.65. The number of hydrogen-bond acceptors (Lipinski definition) is 8. The van der Waals surface area contributed by atoms with E-state index < -0.39 is 64.2 Å². The number of phenols is 1. The zero-order valence-electron chi connectivity index (χ0n) is 23.1. The van der Waals surface area contributed by atoms with Gasteiger partial charge in [0.1, 0.15) is 5.75 Å². The van der Waals surface area contributed by atoms with E-state index in [1.54, 1.807) is 13.8 Å². The highest BCUT2D eigenvalue weighted by Crippen LogP contribution is 2.53. The predicted octanol–water partition coefficient (Wildman–Crippen LogP) is 1.83. The maximum absolute atomic E-state index is 14.0. The summed E-state index contributed by atoms with van der Waals surface area (Å²) >= 11 is 0. The Balaban J connectivity index is 1.38. The van der Waals surface area contributed by atoms with Gasteiger partial charge in [0.2, 0.25) is 5.91 Å². The fraction of sp³-hybridized carbons (Fsp3) is 0.645. The number of Topliss-reactive ketones (excluding diaryl/α,β-unsaturated/α-hetero) is 4. The second-order valence-corrected chi connectivity index (χ2v) is 13.3. The largest absolute Gasteiger partial charge is 0.507 e. The number of rotatable bonds is 8. The molecule has 4 saturated carbocycles. The number of hydrogen-bond donors (Lipinski definition) is 3. The number of aromatic hydroxyl groups is 1. The van der Waals surface area contributed by atoms with Crippen molar-refractivity contribution in [3.63, 3.8) is 0 Å². The van der Waals surface area contributed by atoms with Crippen LogP contribution in [0.15, 0.2) is 12.1 Å². The van der Waals surface area contributed by atoms with Crippen molar-refractivity contribution >= 4 is 29.0 Å². The van der Waals surface area contributed by atoms with Gasteiger partial charge >= 0.3 is 0 Å². The van der Waals surface area contributed by atoms with Gasteiger partial charge in [-0.1, -0.05) is 19.9 Å². The highest BCUT2D eigenvalue weighted by molar-refractivity contribution is 6.31. The molecule has 6 atom stereocenters. The Kier molecular flexibility index (Phi) is 6.53. The van der Waals surface area contributed by atoms with E-state index in [2.05, 4.69) is 4.90 Å². The lowest BCUT2D eigenvalue weighted by Gasteiger charge is -2.52. The Hall–Kier alpha value is -2.91. The zero-order valence-corrected chi connectivity index (χ0v) is 23.1. The number of fused-ring (bicyclic) bond motifs is 3. The Morgan fingerprint density at radius 2 is 1.68 bits per heavy atom. The van der Waals surface area contributed by atoms with Gasteiger partial charge in [0.15, 0.2) is 34.7 Å². The second kappa shape index (κ2) is 9.58. The SMILES string of the molecule is CC(C)[C@@H]1C(=O)C(C(N)=O)C(=O)[C@@]2(O)C(=O)C3C(=O)c4c(O)ccc(CN(CC5CC5)CC5CC5)c4C[C@H]3C[C@@H]12. The number of nitrogens with two attached hydrogens (primary N) is 1. The van der Waals surface area contributed by atoms with Crippen LogP contribution in [-0.4, -0.2) is 62.8 Å². The van der Waals surface area contributed by atoms with Crippen molar-refractivity contribution in [1.29, 1.82) is 0 Å². The van der Waals surface area contributed by atoms with E-state index in [1.807, 2.05) is 6.07 Å². The normalized spacial score (nSPS) is 33.7. The van der Waals surface area contributed by atoms with Crippen LogP contribution >= 0.6 is 0 Å². The third kappa shape index (κ3) is 4.24. The van der Waals surface area contributed by atoms with Crippen LogP contribution in [0.1, 0.15) is 67.4 Å². The molecule has 6 rings (SSSR count). The maximum Gasteiger partial charge on any atom is 0.235 e. The number of amides is 1. The molecule has 0 aliphatic heterocycles. The summed E-state index contributed by atoms with van der Waals surface area (Å²) in [6.07, 6.45) is 5.35. The lowest BCUT2D eigenvalue weighted by Crippen LogP contribution is -2.71. The van der Waals surface area contributed by atoms with Crippen LogP contribution in [-0.2, 0) is 32.1 Å². The van der Waals surface area contributed by atoms with Crippen molar-refractivity contribution in [3.05, 3.63) is 28.8 Å². The van der Waals surface area contributed by atoms with E-state index in [1.165, 1.54) is 31.7 Å². The second-order valence-electron chi connectivity index (χ2n) is 13.3. The topological polar surface area (TPSA) is 155 Å². The van der Waals surface area contributed by atoms with E-state index in [-0.39, 0.29) is 23.7 Å². The van der Waals surface area contributed by atoms with Gasteiger partial charge in [-0.3, -0.25) is 28.9 Å². The first kappa shape index (κ1) is 27.3. The molecule has 5 aliphatic carbocycles. The molecule has 9 nitrogen and oxygen atoms in total. The number of benzene rings is 1. The predicted molar refractivity (Wildman–Crippen MR) is 143 cm³/mol. The van der Waals surface area contributed by atoms with E-state index in [4.69, 9.17) is 5.73 Å². The molecule has 40 heavy (non-hydrogen) atoms. The number of primary amides is 1. The molecule has 5 aliphatic rings. The Morgan fingerprint density at radius 1 is 1.05 bits per heavy atom. The number of phenolic OH excluding ortho intramolecular Hbond substituents is 1. The number of carbonyl (C=O) groups is 5. The molecular formula is C31H38N2O7. The molecule has 0 spiro atoms. The van der Waals surface area contributed by atoms with Gasteiger partial charge in [0.25, 0.3) is 0 Å². The molecule has 4 N–H and O–H groups in total. The summed E-state index contributed by atoms with van der Waals surface area (Å²) < 4.78 is 0. The minimum Gasteiger partial charge on any atom is -0.507 e. The minimum atomic E-state index is -2.66. The smallest absolute Gasteiger partial charge is 0.235 e. The molecular weight excluding hydrogens is 512 g/mol. The van der Waals surface area contributed by atoms with Crippen LogP contribution < -0.4 is 5.73 Å². The molecule has 1 amide bonds. The third-order valence-electron chi connectivity index (χ3n) is 10.1. The molecule has 0 radical (unpaired) electrons. The first-order valence-electron chi connectivity index (χ1n) is 14.7. The standard InChI is InChI=1S/C31H38N2O7/c1-14(2)22-20-10-18-9-19-17(13-33(11-15-3-4-15)12-16-5-6-16)7-8-21(34)24(19)27(36)23(18)28(37)31(20,40)29(38)25(26(22)35)30(32)39/h7-8,14-16,18,20,22-23,25,34,40H,3-6,9-13H2,1-2H3,(H2,32,39)/t18-,20-,22-,23?,25?,31-/m0/s1. The van der Waals surface area contributed by atoms with Crippen LogP contribution in [0.4, 0.5) is 0 Å². The van der Waals surface area contributed by atoms with Gasteiger partial charge in [-0.25, -0.2) is 0 Å². The van der Waals surface area contributed by atoms with Crippen molar-refractivity contribution in [1.82, 2.24) is 4.90 Å². The number of nitrogens with zero attached hydrogens (tertiary/aromatic N) is 1. The van der Waals surface area contributed by atoms with Crippen molar-refractivity contribution < 1.29 is 34.2 Å². The Morgan fingerprint density at radius 3 is 2.23 bits per heavy atom. The van der Waals surface area contributed by atoms with Crippen LogP contribution in [0.5, 0.6) is 5.75 Å². The number of carbonyl (C=O) groups excluding carboxylic acids is 5. The van der Waals surface area contributed by atoms with Gasteiger partial charge in [-0.2, -0.15) is 0 Å². The van der Waals surface area contributed by atoms with Crippen LogP contribution in [0, 0.1) is 47.3 Å². The summed E-state index contributed by atoms with van der Waals surface area (Å²) in [6, 6.07) is 3.35. The number of aliphatic hydroxyl groups is 1. The first-order valence-corrected chi connectivity index (χ1v) is 14.7. The van der Waals surface area contributed by atoms with E-state index in [0.717, 1.165) is 18.7 Å². The van der Waals surface area contributed by atoms with Gasteiger partial charge < -0.3 is 15.9 Å². The first-order chi connectivity index (χ1) is 18.9. The third-order valence-corrected chi connectivity index (χ3v) is 10.1. The number of ketones is 4. The molecule has 1 aromatic rings. The summed E-state index contributed by atoms with van der Waals surface area (Å²) in [4.78, 5) is 69.2. The van der Waals surface area contributed by atoms with E-state index >= 15 is 0 Å². The monoisotopic (exact) mass is 550 g/mol. The zero-order chi connectivity index (χ0) is 28.7. The molecule has 4 fully saturated rings. The molecule has 2 unspecified atom stereocenters. The highest BCUT2D eigenvalue weighted by atomic mass is 16.3. The van der Waals surface area contributed by atoms with Crippen molar-refractivity contribution in [2.24, 2.45) is 53.1 Å². The molecule has 9 heteroatoms. The highest BCUT2D eigenvalue weighted by Gasteiger charge is 2.69. The Labute approximate surface area is 233 Å². The van der Waals surface area contributed by atoms with Crippen LogP contribution in [0.25, 0.3) is 0 Å². The Bertz CT molecular complexity index is 1300. The van der Waals surface area contributed by atoms with E-state index in [0.29, 0.717) is 30.4 Å². The molecule has 0 heterocycles. The summed E-state index contributed by atoms with van der Waals surface area (Å²) in [7, 11) is 0. The van der Waals surface area contributed by atoms with E-state index in [9.17, 15) is 34.2 Å². The summed E-state index contributed by atoms with van der Waals surface area (Å²) in [6.45, 7) is 6.15. The average Bonchev–Trinajstić information content (AvgIpc) is 3.80. The van der Waals surface area contributed by atoms with Crippen molar-refractivity contribution in [2.45, 2.75) is 64.5 Å². The van der Waals surface area contributed by atoms with Crippen molar-refractivity contribution in [3.8, 4) is 5.75 Å². The van der Waals surface area contributed by atoms with Gasteiger partial charge in [-0.05, 0) is 79.4 Å². The molecule has 214 valence electrons.